The van der Waals surface area contributed by atoms with Crippen LogP contribution in [0.4, 0.5) is 0 Å². The molecule has 0 N–H and O–H groups in total. The Labute approximate surface area is 233 Å². The van der Waals surface area contributed by atoms with Crippen LogP contribution in [-0.2, 0) is 0 Å². The van der Waals surface area contributed by atoms with E-state index in [1.807, 2.05) is 38.1 Å². The monoisotopic (exact) mass is 514 g/mol. The standard InChI is InChI=1S/C6H11N.C6H9N.C5H6N2.C5H4N2.C4H7N.C4H5N/c2*1-3-4-5-6-7-2;2*1-7-5-3-2-4-6;2*1-3-4-5-2/h3-6H2,1H3;4-5H,3,6H2,1H3;2-3,5H2;3,5H,2H2;3-4H2,1H3;3-4H,1H3/b;5-4+;;5-3+;;4-3+. The molecule has 202 valence electrons. The van der Waals surface area contributed by atoms with Crippen LogP contribution in [0.1, 0.15) is 79.1 Å². The number of hydrogen-bond donors (Lipinski definition) is 0. The Bertz CT molecular complexity index is 860. The van der Waals surface area contributed by atoms with E-state index in [0.717, 1.165) is 25.7 Å². The minimum Gasteiger partial charge on any atom is -0.317 e. The number of rotatable bonds is 9. The van der Waals surface area contributed by atoms with Crippen molar-refractivity contribution >= 4 is 0 Å². The van der Waals surface area contributed by atoms with Crippen LogP contribution in [0.15, 0.2) is 36.7 Å². The molecule has 0 saturated heterocycles. The van der Waals surface area contributed by atoms with Crippen LogP contribution in [0.5, 0.6) is 0 Å². The number of allylic oxidation sites excluding steroid dienone is 3. The van der Waals surface area contributed by atoms with Gasteiger partial charge in [0.1, 0.15) is 6.20 Å². The molecule has 0 aromatic heterocycles. The molecule has 0 aliphatic rings. The number of nitriles is 2. The quantitative estimate of drug-likeness (QED) is 0.175. The Hall–Kier alpha value is -4.86. The summed E-state index contributed by atoms with van der Waals surface area (Å²) in [4.78, 5) is 18.4. The minimum atomic E-state index is 0.336. The zero-order chi connectivity index (χ0) is 30.4. The van der Waals surface area contributed by atoms with Crippen molar-refractivity contribution in [2.45, 2.75) is 79.1 Å². The Kier molecular flexibility index (Phi) is 85.3. The molecule has 0 aliphatic carbocycles. The largest absolute Gasteiger partial charge is 0.317 e. The molecule has 38 heavy (non-hydrogen) atoms. The third-order valence-corrected chi connectivity index (χ3v) is 2.98. The van der Waals surface area contributed by atoms with Crippen molar-refractivity contribution in [2.75, 3.05) is 26.2 Å². The van der Waals surface area contributed by atoms with Gasteiger partial charge in [-0.2, -0.15) is 10.5 Å². The van der Waals surface area contributed by atoms with E-state index >= 15 is 0 Å². The number of nitrogens with zero attached hydrogens (tertiary/aromatic N) is 8. The van der Waals surface area contributed by atoms with Crippen LogP contribution in [0.25, 0.3) is 29.1 Å². The molecular formula is C30H42N8. The Morgan fingerprint density at radius 1 is 0.632 bits per heavy atom. The van der Waals surface area contributed by atoms with Gasteiger partial charge in [-0.25, -0.2) is 36.0 Å². The molecule has 0 fully saturated rings. The van der Waals surface area contributed by atoms with Crippen LogP contribution in [0.3, 0.4) is 0 Å². The minimum absolute atomic E-state index is 0.336. The van der Waals surface area contributed by atoms with Crippen molar-refractivity contribution in [3.63, 3.8) is 0 Å². The lowest BCUT2D eigenvalue weighted by molar-refractivity contribution is 0.757. The summed E-state index contributed by atoms with van der Waals surface area (Å²) in [6.45, 7) is 48.1. The molecule has 0 radical (unpaired) electrons. The predicted molar refractivity (Wildman–Crippen MR) is 157 cm³/mol. The maximum Gasteiger partial charge on any atom is 0.232 e. The molecular weight excluding hydrogens is 472 g/mol. The summed E-state index contributed by atoms with van der Waals surface area (Å²) >= 11 is 0. The van der Waals surface area contributed by atoms with Crippen molar-refractivity contribution in [3.8, 4) is 12.1 Å². The van der Waals surface area contributed by atoms with Crippen LogP contribution >= 0.6 is 0 Å². The second-order valence-corrected chi connectivity index (χ2v) is 6.32. The highest BCUT2D eigenvalue weighted by atomic mass is 14.6. The highest BCUT2D eigenvalue weighted by Gasteiger charge is 1.83. The zero-order valence-electron chi connectivity index (χ0n) is 23.5. The van der Waals surface area contributed by atoms with Gasteiger partial charge in [0.2, 0.25) is 26.2 Å². The first-order valence-electron chi connectivity index (χ1n) is 12.2. The fourth-order valence-corrected chi connectivity index (χ4v) is 1.32. The molecule has 8 heteroatoms. The van der Waals surface area contributed by atoms with Gasteiger partial charge in [-0.05, 0) is 18.9 Å². The van der Waals surface area contributed by atoms with E-state index < -0.39 is 0 Å². The summed E-state index contributed by atoms with van der Waals surface area (Å²) in [5.74, 6) is 0. The molecule has 0 bridgehead atoms. The lowest BCUT2D eigenvalue weighted by atomic mass is 10.3. The first-order chi connectivity index (χ1) is 18.5. The van der Waals surface area contributed by atoms with Gasteiger partial charge in [-0.3, -0.25) is 0 Å². The second kappa shape index (κ2) is 69.7. The lowest BCUT2D eigenvalue weighted by Gasteiger charge is -1.82. The van der Waals surface area contributed by atoms with Crippen molar-refractivity contribution in [1.82, 2.24) is 0 Å². The normalized spacial score (nSPS) is 7.68. The maximum absolute atomic E-state index is 7.94. The summed E-state index contributed by atoms with van der Waals surface area (Å²) < 4.78 is 0. The van der Waals surface area contributed by atoms with E-state index in [9.17, 15) is 0 Å². The van der Waals surface area contributed by atoms with Crippen LogP contribution in [0.2, 0.25) is 0 Å². The summed E-state index contributed by atoms with van der Waals surface area (Å²) in [6, 6.07) is 3.83. The topological polar surface area (TPSA) is 73.7 Å². The molecule has 0 rings (SSSR count). The summed E-state index contributed by atoms with van der Waals surface area (Å²) in [5.41, 5.74) is 0. The molecule has 0 aromatic carbocycles. The molecule has 0 unspecified atom stereocenters. The van der Waals surface area contributed by atoms with Crippen molar-refractivity contribution in [2.24, 2.45) is 0 Å². The predicted octanol–water partition coefficient (Wildman–Crippen LogP) is 9.27. The smallest absolute Gasteiger partial charge is 0.232 e. The molecule has 0 aliphatic heterocycles. The van der Waals surface area contributed by atoms with Gasteiger partial charge in [0, 0.05) is 32.1 Å². The van der Waals surface area contributed by atoms with Gasteiger partial charge >= 0.3 is 0 Å². The average Bonchev–Trinajstić information content (AvgIpc) is 2.93. The highest BCUT2D eigenvalue weighted by Crippen LogP contribution is 1.92. The first-order valence-corrected chi connectivity index (χ1v) is 12.2. The molecule has 0 heterocycles. The summed E-state index contributed by atoms with van der Waals surface area (Å²) in [6.07, 6.45) is 16.9. The van der Waals surface area contributed by atoms with E-state index in [4.69, 9.17) is 50.0 Å². The SMILES string of the molecule is [C-]#[N+]/C=C/C.[C-]#[N+]/C=C/CC#N.[C-]#[N+]C/C=C/CC.[C-]#[N+]CCC.[C-]#[N+]CCCC#N.[C-]#[N+]CCCCC. The second-order valence-electron chi connectivity index (χ2n) is 6.32. The fraction of sp³-hybridized carbons (Fsp3) is 0.533. The van der Waals surface area contributed by atoms with Gasteiger partial charge < -0.3 is 19.4 Å². The molecule has 0 atom stereocenters. The Balaban J connectivity index is -0.0000000813. The average molecular weight is 515 g/mol. The summed E-state index contributed by atoms with van der Waals surface area (Å²) in [5, 5.41) is 15.8. The maximum atomic E-state index is 7.94. The van der Waals surface area contributed by atoms with Gasteiger partial charge in [0.25, 0.3) is 0 Å². The Morgan fingerprint density at radius 2 is 1.21 bits per heavy atom. The van der Waals surface area contributed by atoms with Crippen molar-refractivity contribution < 1.29 is 0 Å². The fourth-order valence-electron chi connectivity index (χ4n) is 1.32. The molecule has 0 spiro atoms. The van der Waals surface area contributed by atoms with E-state index in [1.165, 1.54) is 31.3 Å². The molecule has 0 amide bonds. The molecule has 8 nitrogen and oxygen atoms in total. The van der Waals surface area contributed by atoms with Crippen LogP contribution < -0.4 is 0 Å². The Morgan fingerprint density at radius 3 is 1.53 bits per heavy atom. The van der Waals surface area contributed by atoms with E-state index in [0.29, 0.717) is 39.0 Å². The third-order valence-electron chi connectivity index (χ3n) is 2.98. The van der Waals surface area contributed by atoms with E-state index in [1.54, 1.807) is 6.08 Å². The van der Waals surface area contributed by atoms with Crippen LogP contribution in [-0.4, -0.2) is 26.2 Å². The highest BCUT2D eigenvalue weighted by molar-refractivity contribution is 4.95. The third kappa shape index (κ3) is 123. The zero-order valence-corrected chi connectivity index (χ0v) is 23.5. The van der Waals surface area contributed by atoms with E-state index in [-0.39, 0.29) is 0 Å². The van der Waals surface area contributed by atoms with Crippen LogP contribution in [0, 0.1) is 62.1 Å². The number of hydrogen-bond acceptors (Lipinski definition) is 2. The molecule has 0 aromatic rings. The van der Waals surface area contributed by atoms with E-state index in [2.05, 4.69) is 42.9 Å². The van der Waals surface area contributed by atoms with Gasteiger partial charge in [-0.1, -0.05) is 52.3 Å². The summed E-state index contributed by atoms with van der Waals surface area (Å²) in [7, 11) is 0. The van der Waals surface area contributed by atoms with Gasteiger partial charge in [-0.15, -0.1) is 0 Å². The van der Waals surface area contributed by atoms with Gasteiger partial charge in [0.05, 0.1) is 25.3 Å². The van der Waals surface area contributed by atoms with Crippen molar-refractivity contribution in [1.29, 1.82) is 10.5 Å². The lowest BCUT2D eigenvalue weighted by Crippen LogP contribution is -1.74. The first kappa shape index (κ1) is 46.5. The molecule has 0 saturated carbocycles. The van der Waals surface area contributed by atoms with Gasteiger partial charge in [0.15, 0.2) is 6.20 Å². The number of unbranched alkanes of at least 4 members (excludes halogenated alkanes) is 3. The van der Waals surface area contributed by atoms with Crippen molar-refractivity contribution in [3.05, 3.63) is 105 Å².